The molecule has 1 saturated heterocycles. The van der Waals surface area contributed by atoms with Crippen LogP contribution in [0.15, 0.2) is 77.7 Å². The van der Waals surface area contributed by atoms with E-state index >= 15 is 0 Å². The fraction of sp³-hybridized carbons (Fsp3) is 0.395. The van der Waals surface area contributed by atoms with E-state index in [1.807, 2.05) is 88.5 Å². The van der Waals surface area contributed by atoms with E-state index in [9.17, 15) is 14.9 Å². The van der Waals surface area contributed by atoms with Crippen molar-refractivity contribution in [2.45, 2.75) is 54.9 Å². The van der Waals surface area contributed by atoms with Gasteiger partial charge in [0.25, 0.3) is 5.56 Å². The van der Waals surface area contributed by atoms with Crippen molar-refractivity contribution in [3.8, 4) is 22.9 Å². The first-order chi connectivity index (χ1) is 20.4. The van der Waals surface area contributed by atoms with Crippen LogP contribution < -0.4 is 10.5 Å². The van der Waals surface area contributed by atoms with E-state index in [4.69, 9.17) is 0 Å². The lowest BCUT2D eigenvalue weighted by Gasteiger charge is -2.33. The zero-order valence-electron chi connectivity index (χ0n) is 26.5. The zero-order chi connectivity index (χ0) is 31.1. The summed E-state index contributed by atoms with van der Waals surface area (Å²) in [5.74, 6) is 1.62. The Morgan fingerprint density at radius 2 is 1.60 bits per heavy atom. The number of nitrogens with zero attached hydrogens (tertiary/aromatic N) is 3. The predicted octanol–water partition coefficient (Wildman–Crippen LogP) is 8.19. The molecule has 5 rings (SSSR count). The van der Waals surface area contributed by atoms with Crippen LogP contribution in [0.4, 0.5) is 5.69 Å². The van der Waals surface area contributed by atoms with Crippen LogP contribution in [0.5, 0.6) is 0 Å². The Balaban J connectivity index is 1.43. The fourth-order valence-electron chi connectivity index (χ4n) is 7.07. The summed E-state index contributed by atoms with van der Waals surface area (Å²) < 4.78 is 1.74. The third kappa shape index (κ3) is 6.02. The van der Waals surface area contributed by atoms with Crippen LogP contribution in [-0.2, 0) is 4.79 Å². The van der Waals surface area contributed by atoms with Crippen molar-refractivity contribution in [1.29, 1.82) is 5.26 Å². The molecular weight excluding hydrogens is 530 g/mol. The van der Waals surface area contributed by atoms with Crippen LogP contribution in [0, 0.1) is 47.3 Å². The van der Waals surface area contributed by atoms with Crippen LogP contribution in [-0.4, -0.2) is 23.4 Å². The van der Waals surface area contributed by atoms with Gasteiger partial charge in [-0.05, 0) is 95.6 Å². The number of Topliss-reactive ketones (excluding diaryl/α,β-unsaturated/α-hetero) is 1. The van der Waals surface area contributed by atoms with E-state index in [0.717, 1.165) is 53.0 Å². The van der Waals surface area contributed by atoms with Crippen molar-refractivity contribution in [2.75, 3.05) is 18.0 Å². The average Bonchev–Trinajstić information content (AvgIpc) is 3.15. The second-order valence-corrected chi connectivity index (χ2v) is 13.7. The molecule has 4 unspecified atom stereocenters. The third-order valence-corrected chi connectivity index (χ3v) is 9.29. The number of anilines is 1. The molecule has 0 aliphatic carbocycles. The number of aromatic nitrogens is 1. The molecule has 1 fully saturated rings. The molecule has 3 aromatic carbocycles. The average molecular weight is 574 g/mol. The molecule has 43 heavy (non-hydrogen) atoms. The molecule has 0 amide bonds. The van der Waals surface area contributed by atoms with E-state index in [1.54, 1.807) is 4.57 Å². The summed E-state index contributed by atoms with van der Waals surface area (Å²) in [5, 5.41) is 10.8. The SMILES string of the molecule is Cc1cn(-c2ccc(N3CC(C)CC(C(C)C(=O)C(C)(C)C)C(C)C3)cc2)c(=O)c2cccc(-c3ccc(C#N)cc3)c12. The van der Waals surface area contributed by atoms with Crippen LogP contribution in [0.2, 0.25) is 0 Å². The molecule has 0 radical (unpaired) electrons. The highest BCUT2D eigenvalue weighted by Crippen LogP contribution is 2.37. The number of ketones is 1. The van der Waals surface area contributed by atoms with E-state index in [-0.39, 0.29) is 16.9 Å². The van der Waals surface area contributed by atoms with Gasteiger partial charge in [0.05, 0.1) is 11.6 Å². The molecule has 4 atom stereocenters. The summed E-state index contributed by atoms with van der Waals surface area (Å²) in [6.45, 7) is 16.7. The normalized spacial score (nSPS) is 20.0. The van der Waals surface area contributed by atoms with Crippen LogP contribution in [0.1, 0.15) is 59.1 Å². The molecule has 0 spiro atoms. The van der Waals surface area contributed by atoms with Gasteiger partial charge < -0.3 is 4.90 Å². The van der Waals surface area contributed by atoms with E-state index < -0.39 is 0 Å². The summed E-state index contributed by atoms with van der Waals surface area (Å²) in [7, 11) is 0. The first-order valence-electron chi connectivity index (χ1n) is 15.4. The summed E-state index contributed by atoms with van der Waals surface area (Å²) in [4.78, 5) is 29.4. The van der Waals surface area contributed by atoms with E-state index in [0.29, 0.717) is 34.5 Å². The predicted molar refractivity (Wildman–Crippen MR) is 177 cm³/mol. The van der Waals surface area contributed by atoms with E-state index in [1.165, 1.54) is 0 Å². The molecule has 0 N–H and O–H groups in total. The van der Waals surface area contributed by atoms with E-state index in [2.05, 4.69) is 43.9 Å². The molecule has 222 valence electrons. The number of benzene rings is 3. The highest BCUT2D eigenvalue weighted by atomic mass is 16.1. The highest BCUT2D eigenvalue weighted by Gasteiger charge is 2.37. The number of rotatable bonds is 5. The Morgan fingerprint density at radius 3 is 2.23 bits per heavy atom. The number of hydrogen-bond acceptors (Lipinski definition) is 4. The third-order valence-electron chi connectivity index (χ3n) is 9.29. The van der Waals surface area contributed by atoms with Crippen LogP contribution in [0.3, 0.4) is 0 Å². The van der Waals surface area contributed by atoms with Crippen LogP contribution >= 0.6 is 0 Å². The number of fused-ring (bicyclic) bond motifs is 1. The van der Waals surface area contributed by atoms with Gasteiger partial charge >= 0.3 is 0 Å². The van der Waals surface area contributed by atoms with Crippen molar-refractivity contribution in [1.82, 2.24) is 4.57 Å². The molecule has 1 aliphatic heterocycles. The Hall–Kier alpha value is -4.17. The molecule has 2 heterocycles. The summed E-state index contributed by atoms with van der Waals surface area (Å²) in [6.07, 6.45) is 2.98. The second kappa shape index (κ2) is 11.8. The standard InChI is InChI=1S/C38H43N3O2/c1-24-19-34(27(4)36(42)38(5,6)7)25(2)22-40(21-24)30-15-17-31(18-16-30)41-23-26(3)35-32(9-8-10-33(35)37(41)43)29-13-11-28(20-39)12-14-29/h8-18,23-25,27,34H,19,21-22H2,1-7H3. The maximum absolute atomic E-state index is 13.8. The van der Waals surface area contributed by atoms with Crippen molar-refractivity contribution in [3.05, 3.63) is 94.4 Å². The van der Waals surface area contributed by atoms with Gasteiger partial charge in [0, 0.05) is 47.4 Å². The van der Waals surface area contributed by atoms with Gasteiger partial charge in [-0.25, -0.2) is 0 Å². The minimum Gasteiger partial charge on any atom is -0.371 e. The smallest absolute Gasteiger partial charge is 0.262 e. The molecule has 0 bridgehead atoms. The number of carbonyl (C=O) groups is 1. The van der Waals surface area contributed by atoms with Gasteiger partial charge in [-0.1, -0.05) is 65.8 Å². The number of hydrogen-bond donors (Lipinski definition) is 0. The first kappa shape index (κ1) is 30.3. The van der Waals surface area contributed by atoms with Crippen molar-refractivity contribution in [3.63, 3.8) is 0 Å². The maximum Gasteiger partial charge on any atom is 0.262 e. The molecule has 4 aromatic rings. The summed E-state index contributed by atoms with van der Waals surface area (Å²) in [6, 6.07) is 23.8. The van der Waals surface area contributed by atoms with Gasteiger partial charge in [-0.3, -0.25) is 14.2 Å². The lowest BCUT2D eigenvalue weighted by molar-refractivity contribution is -0.132. The Bertz CT molecular complexity index is 1740. The minimum atomic E-state index is -0.325. The minimum absolute atomic E-state index is 0.0419. The molecule has 5 nitrogen and oxygen atoms in total. The zero-order valence-corrected chi connectivity index (χ0v) is 26.5. The second-order valence-electron chi connectivity index (χ2n) is 13.7. The largest absolute Gasteiger partial charge is 0.371 e. The summed E-state index contributed by atoms with van der Waals surface area (Å²) >= 11 is 0. The molecule has 5 heteroatoms. The van der Waals surface area contributed by atoms with Crippen LogP contribution in [0.25, 0.3) is 27.6 Å². The topological polar surface area (TPSA) is 66.1 Å². The van der Waals surface area contributed by atoms with Crippen molar-refractivity contribution >= 4 is 22.2 Å². The van der Waals surface area contributed by atoms with Gasteiger partial charge in [-0.15, -0.1) is 0 Å². The number of pyridine rings is 1. The Labute approximate surface area is 255 Å². The monoisotopic (exact) mass is 573 g/mol. The van der Waals surface area contributed by atoms with Gasteiger partial charge in [0.2, 0.25) is 0 Å². The highest BCUT2D eigenvalue weighted by molar-refractivity contribution is 5.98. The number of carbonyl (C=O) groups excluding carboxylic acids is 1. The Kier molecular flexibility index (Phi) is 8.34. The molecular formula is C38H43N3O2. The number of nitriles is 1. The molecule has 0 saturated carbocycles. The first-order valence-corrected chi connectivity index (χ1v) is 15.4. The lowest BCUT2D eigenvalue weighted by Crippen LogP contribution is -2.36. The van der Waals surface area contributed by atoms with Crippen molar-refractivity contribution in [2.24, 2.45) is 29.1 Å². The fourth-order valence-corrected chi connectivity index (χ4v) is 7.07. The quantitative estimate of drug-likeness (QED) is 0.241. The Morgan fingerprint density at radius 1 is 0.953 bits per heavy atom. The maximum atomic E-state index is 13.8. The summed E-state index contributed by atoms with van der Waals surface area (Å²) in [5.41, 5.74) is 5.19. The van der Waals surface area contributed by atoms with Gasteiger partial charge in [0.15, 0.2) is 0 Å². The van der Waals surface area contributed by atoms with Gasteiger partial charge in [0.1, 0.15) is 5.78 Å². The number of aryl methyl sites for hydroxylation is 1. The molecule has 1 aliphatic rings. The molecule has 1 aromatic heterocycles. The van der Waals surface area contributed by atoms with Gasteiger partial charge in [-0.2, -0.15) is 5.26 Å². The van der Waals surface area contributed by atoms with Crippen molar-refractivity contribution < 1.29 is 4.79 Å². The lowest BCUT2D eigenvalue weighted by atomic mass is 9.71.